The molecule has 1 saturated heterocycles. The molecule has 1 aliphatic rings. The van der Waals surface area contributed by atoms with Crippen molar-refractivity contribution in [2.24, 2.45) is 0 Å². The molecule has 0 saturated carbocycles. The predicted octanol–water partition coefficient (Wildman–Crippen LogP) is 2.37. The van der Waals surface area contributed by atoms with Crippen LogP contribution in [0.2, 0.25) is 0 Å². The molecule has 0 aliphatic carbocycles. The molecule has 1 amide bonds. The van der Waals surface area contributed by atoms with E-state index in [1.807, 2.05) is 0 Å². The highest BCUT2D eigenvalue weighted by molar-refractivity contribution is 5.79. The summed E-state index contributed by atoms with van der Waals surface area (Å²) in [5.41, 5.74) is 0.205. The smallest absolute Gasteiger partial charge is 0.391 e. The molecule has 3 rings (SSSR count). The zero-order chi connectivity index (χ0) is 18.0. The highest BCUT2D eigenvalue weighted by atomic mass is 19.4. The van der Waals surface area contributed by atoms with Gasteiger partial charge in [0.05, 0.1) is 24.1 Å². The number of benzene rings is 1. The Morgan fingerprint density at radius 2 is 2.00 bits per heavy atom. The summed E-state index contributed by atoms with van der Waals surface area (Å²) in [5, 5.41) is 9.93. The monoisotopic (exact) mass is 351 g/mol. The highest BCUT2D eigenvalue weighted by Crippen LogP contribution is 2.36. The Labute approximate surface area is 142 Å². The maximum atomic E-state index is 12.9. The van der Waals surface area contributed by atoms with Crippen molar-refractivity contribution in [1.29, 1.82) is 0 Å². The molecule has 25 heavy (non-hydrogen) atoms. The average Bonchev–Trinajstić information content (AvgIpc) is 2.97. The van der Waals surface area contributed by atoms with Gasteiger partial charge in [0.1, 0.15) is 6.33 Å². The summed E-state index contributed by atoms with van der Waals surface area (Å²) >= 11 is 0. The van der Waals surface area contributed by atoms with Crippen molar-refractivity contribution in [3.8, 4) is 0 Å². The number of aromatic nitrogens is 2. The van der Waals surface area contributed by atoms with Crippen LogP contribution in [0.1, 0.15) is 29.2 Å². The third-order valence-electron chi connectivity index (χ3n) is 4.17. The number of aliphatic hydroxyl groups excluding tert-OH is 1. The molecule has 2 heterocycles. The number of likely N-dealkylation sites (tertiary alicyclic amines) is 1. The fourth-order valence-electron chi connectivity index (χ4n) is 3.03. The van der Waals surface area contributed by atoms with Crippen LogP contribution < -0.4 is 0 Å². The molecule has 2 unspecified atom stereocenters. The predicted molar refractivity (Wildman–Crippen MR) is 82.3 cm³/mol. The van der Waals surface area contributed by atoms with E-state index in [9.17, 15) is 23.1 Å². The highest BCUT2D eigenvalue weighted by Gasteiger charge is 2.37. The largest absolute Gasteiger partial charge is 0.416 e. The average molecular weight is 351 g/mol. The van der Waals surface area contributed by atoms with Crippen molar-refractivity contribution in [3.05, 3.63) is 59.7 Å². The number of nitrogens with zero attached hydrogens (tertiary/aromatic N) is 3. The van der Waals surface area contributed by atoms with E-state index < -0.39 is 23.9 Å². The molecular formula is C17H16F3N3O2. The Morgan fingerprint density at radius 1 is 1.28 bits per heavy atom. The molecule has 0 bridgehead atoms. The Bertz CT molecular complexity index is 752. The maximum Gasteiger partial charge on any atom is 0.416 e. The van der Waals surface area contributed by atoms with Crippen molar-refractivity contribution < 1.29 is 23.1 Å². The summed E-state index contributed by atoms with van der Waals surface area (Å²) in [6.45, 7) is 0.0907. The number of carbonyl (C=O) groups excluding carboxylic acids is 1. The van der Waals surface area contributed by atoms with Crippen LogP contribution in [-0.2, 0) is 17.4 Å². The summed E-state index contributed by atoms with van der Waals surface area (Å²) in [4.78, 5) is 21.7. The van der Waals surface area contributed by atoms with Gasteiger partial charge in [-0.25, -0.2) is 9.97 Å². The van der Waals surface area contributed by atoms with E-state index in [0.717, 1.165) is 12.1 Å². The van der Waals surface area contributed by atoms with Crippen LogP contribution in [0.3, 0.4) is 0 Å². The fourth-order valence-corrected chi connectivity index (χ4v) is 3.03. The Balaban J connectivity index is 1.83. The minimum atomic E-state index is -4.45. The molecule has 1 aromatic carbocycles. The molecular weight excluding hydrogens is 335 g/mol. The van der Waals surface area contributed by atoms with Gasteiger partial charge in [-0.3, -0.25) is 4.79 Å². The topological polar surface area (TPSA) is 66.3 Å². The minimum absolute atomic E-state index is 0.0308. The standard InChI is InChI=1S/C17H16F3N3O2/c18-17(19,20)13-3-1-2-12(5-13)15-6-14(24)9-23(15)16(25)4-11-7-21-10-22-8-11/h1-3,5,7-8,10,14-15,24H,4,6,9H2. The molecule has 2 atom stereocenters. The maximum absolute atomic E-state index is 12.9. The van der Waals surface area contributed by atoms with Crippen molar-refractivity contribution in [3.63, 3.8) is 0 Å². The van der Waals surface area contributed by atoms with Gasteiger partial charge in [-0.15, -0.1) is 0 Å². The lowest BCUT2D eigenvalue weighted by Gasteiger charge is -2.25. The van der Waals surface area contributed by atoms with Crippen LogP contribution in [0.15, 0.2) is 43.0 Å². The van der Waals surface area contributed by atoms with Gasteiger partial charge in [-0.1, -0.05) is 12.1 Å². The van der Waals surface area contributed by atoms with E-state index in [1.165, 1.54) is 29.7 Å². The molecule has 0 radical (unpaired) electrons. The molecule has 0 spiro atoms. The Kier molecular flexibility index (Phi) is 4.71. The van der Waals surface area contributed by atoms with Crippen LogP contribution in [-0.4, -0.2) is 38.5 Å². The number of carbonyl (C=O) groups is 1. The SMILES string of the molecule is O=C(Cc1cncnc1)N1CC(O)CC1c1cccc(C(F)(F)F)c1. The lowest BCUT2D eigenvalue weighted by molar-refractivity contribution is -0.137. The second kappa shape index (κ2) is 6.79. The molecule has 1 aliphatic heterocycles. The second-order valence-corrected chi connectivity index (χ2v) is 6.00. The zero-order valence-corrected chi connectivity index (χ0v) is 13.1. The third-order valence-corrected chi connectivity index (χ3v) is 4.17. The first-order chi connectivity index (χ1) is 11.8. The summed E-state index contributed by atoms with van der Waals surface area (Å²) in [6.07, 6.45) is -0.618. The number of hydrogen-bond acceptors (Lipinski definition) is 4. The van der Waals surface area contributed by atoms with Crippen LogP contribution in [0.4, 0.5) is 13.2 Å². The Morgan fingerprint density at radius 3 is 2.68 bits per heavy atom. The van der Waals surface area contributed by atoms with Crippen molar-refractivity contribution in [2.75, 3.05) is 6.54 Å². The summed E-state index contributed by atoms with van der Waals surface area (Å²) in [6, 6.07) is 4.30. The number of halogens is 3. The number of amides is 1. The van der Waals surface area contributed by atoms with Crippen LogP contribution in [0, 0.1) is 0 Å². The summed E-state index contributed by atoms with van der Waals surface area (Å²) in [5.74, 6) is -0.284. The third kappa shape index (κ3) is 3.96. The minimum Gasteiger partial charge on any atom is -0.391 e. The first-order valence-corrected chi connectivity index (χ1v) is 7.73. The van der Waals surface area contributed by atoms with Crippen molar-refractivity contribution in [2.45, 2.75) is 31.2 Å². The molecule has 5 nitrogen and oxygen atoms in total. The lowest BCUT2D eigenvalue weighted by atomic mass is 10.0. The first kappa shape index (κ1) is 17.3. The van der Waals surface area contributed by atoms with Gasteiger partial charge in [-0.05, 0) is 29.7 Å². The second-order valence-electron chi connectivity index (χ2n) is 6.00. The molecule has 132 valence electrons. The van der Waals surface area contributed by atoms with Crippen LogP contribution in [0.5, 0.6) is 0 Å². The van der Waals surface area contributed by atoms with E-state index in [1.54, 1.807) is 6.07 Å². The number of rotatable bonds is 3. The normalized spacial score (nSPS) is 20.7. The van der Waals surface area contributed by atoms with Gasteiger partial charge in [-0.2, -0.15) is 13.2 Å². The lowest BCUT2D eigenvalue weighted by Crippen LogP contribution is -2.33. The molecule has 2 aromatic rings. The van der Waals surface area contributed by atoms with Gasteiger partial charge in [0.15, 0.2) is 0 Å². The van der Waals surface area contributed by atoms with E-state index in [4.69, 9.17) is 0 Å². The fraction of sp³-hybridized carbons (Fsp3) is 0.353. The van der Waals surface area contributed by atoms with Crippen LogP contribution in [0.25, 0.3) is 0 Å². The number of β-amino-alcohol motifs (C(OH)–C–C–N with tert-alkyl or cyclic N) is 1. The summed E-state index contributed by atoms with van der Waals surface area (Å²) in [7, 11) is 0. The van der Waals surface area contributed by atoms with Gasteiger partial charge >= 0.3 is 6.18 Å². The van der Waals surface area contributed by atoms with E-state index in [2.05, 4.69) is 9.97 Å². The van der Waals surface area contributed by atoms with Gasteiger partial charge in [0, 0.05) is 18.9 Å². The summed E-state index contributed by atoms with van der Waals surface area (Å²) < 4.78 is 38.8. The zero-order valence-electron chi connectivity index (χ0n) is 13.1. The molecule has 1 N–H and O–H groups in total. The first-order valence-electron chi connectivity index (χ1n) is 7.73. The van der Waals surface area contributed by atoms with Gasteiger partial charge < -0.3 is 10.0 Å². The van der Waals surface area contributed by atoms with Crippen LogP contribution >= 0.6 is 0 Å². The van der Waals surface area contributed by atoms with Crippen molar-refractivity contribution in [1.82, 2.24) is 14.9 Å². The quantitative estimate of drug-likeness (QED) is 0.922. The number of aliphatic hydroxyl groups is 1. The number of hydrogen-bond donors (Lipinski definition) is 1. The molecule has 8 heteroatoms. The van der Waals surface area contributed by atoms with Gasteiger partial charge in [0.25, 0.3) is 0 Å². The molecule has 1 aromatic heterocycles. The van der Waals surface area contributed by atoms with Gasteiger partial charge in [0.2, 0.25) is 5.91 Å². The van der Waals surface area contributed by atoms with Crippen molar-refractivity contribution >= 4 is 5.91 Å². The van der Waals surface area contributed by atoms with E-state index in [-0.39, 0.29) is 25.3 Å². The van der Waals surface area contributed by atoms with E-state index >= 15 is 0 Å². The Hall–Kier alpha value is -2.48. The molecule has 1 fully saturated rings. The van der Waals surface area contributed by atoms with E-state index in [0.29, 0.717) is 11.1 Å². The number of alkyl halides is 3.